The first kappa shape index (κ1) is 18.5. The van der Waals surface area contributed by atoms with Crippen LogP contribution in [0.2, 0.25) is 0 Å². The van der Waals surface area contributed by atoms with Gasteiger partial charge in [0.1, 0.15) is 23.6 Å². The molecule has 29 heavy (non-hydrogen) atoms. The van der Waals surface area contributed by atoms with Gasteiger partial charge < -0.3 is 24.8 Å². The fourth-order valence-corrected chi connectivity index (χ4v) is 2.76. The molecule has 0 fully saturated rings. The van der Waals surface area contributed by atoms with Crippen molar-refractivity contribution < 1.29 is 19.0 Å². The fraction of sp³-hybridized carbons (Fsp3) is 0.190. The van der Waals surface area contributed by atoms with Crippen LogP contribution in [0.3, 0.4) is 0 Å². The van der Waals surface area contributed by atoms with E-state index in [9.17, 15) is 4.79 Å². The number of aromatic nitrogens is 2. The molecule has 8 nitrogen and oxygen atoms in total. The van der Waals surface area contributed by atoms with Crippen molar-refractivity contribution in [3.8, 4) is 17.2 Å². The third kappa shape index (κ3) is 4.55. The molecule has 3 aromatic rings. The molecule has 2 heterocycles. The number of rotatable bonds is 6. The summed E-state index contributed by atoms with van der Waals surface area (Å²) < 4.78 is 16.2. The van der Waals surface area contributed by atoms with Crippen LogP contribution in [0.5, 0.6) is 17.2 Å². The zero-order valence-electron chi connectivity index (χ0n) is 16.0. The van der Waals surface area contributed by atoms with Crippen LogP contribution in [-0.4, -0.2) is 28.8 Å². The van der Waals surface area contributed by atoms with Crippen LogP contribution in [0, 0.1) is 0 Å². The maximum atomic E-state index is 12.5. The number of hydrogen-bond acceptors (Lipinski definition) is 7. The molecule has 0 bridgehead atoms. The fourth-order valence-electron chi connectivity index (χ4n) is 2.76. The van der Waals surface area contributed by atoms with Crippen LogP contribution in [0.15, 0.2) is 54.9 Å². The average Bonchev–Trinajstić information content (AvgIpc) is 3.17. The quantitative estimate of drug-likeness (QED) is 0.655. The van der Waals surface area contributed by atoms with Gasteiger partial charge in [0.05, 0.1) is 6.10 Å². The maximum absolute atomic E-state index is 12.5. The number of fused-ring (bicyclic) bond motifs is 1. The van der Waals surface area contributed by atoms with Gasteiger partial charge in [0.15, 0.2) is 11.5 Å². The third-order valence-electron chi connectivity index (χ3n) is 4.03. The van der Waals surface area contributed by atoms with Crippen molar-refractivity contribution >= 4 is 23.1 Å². The first-order valence-electron chi connectivity index (χ1n) is 9.13. The number of anilines is 3. The van der Waals surface area contributed by atoms with E-state index in [1.54, 1.807) is 24.3 Å². The molecule has 0 unspecified atom stereocenters. The van der Waals surface area contributed by atoms with Crippen LogP contribution in [0.4, 0.5) is 17.2 Å². The SMILES string of the molecule is CC(C)Oc1ccc(Nc2cc(C(=O)Nc3ccc4c(c3)OCO4)ncn2)cc1. The van der Waals surface area contributed by atoms with Gasteiger partial charge in [0.2, 0.25) is 6.79 Å². The molecule has 0 aliphatic carbocycles. The summed E-state index contributed by atoms with van der Waals surface area (Å²) >= 11 is 0. The maximum Gasteiger partial charge on any atom is 0.274 e. The molecule has 0 saturated heterocycles. The summed E-state index contributed by atoms with van der Waals surface area (Å²) in [5.41, 5.74) is 1.65. The minimum Gasteiger partial charge on any atom is -0.491 e. The van der Waals surface area contributed by atoms with Crippen molar-refractivity contribution in [2.24, 2.45) is 0 Å². The van der Waals surface area contributed by atoms with Crippen molar-refractivity contribution in [2.45, 2.75) is 20.0 Å². The van der Waals surface area contributed by atoms with Crippen LogP contribution in [0.25, 0.3) is 0 Å². The Morgan fingerprint density at radius 1 is 1.00 bits per heavy atom. The van der Waals surface area contributed by atoms with Crippen molar-refractivity contribution in [1.82, 2.24) is 9.97 Å². The minimum absolute atomic E-state index is 0.113. The Bertz CT molecular complexity index is 1020. The Kier molecular flexibility index (Phi) is 5.15. The van der Waals surface area contributed by atoms with Crippen molar-refractivity contribution in [2.75, 3.05) is 17.4 Å². The zero-order chi connectivity index (χ0) is 20.2. The van der Waals surface area contributed by atoms with Gasteiger partial charge in [-0.1, -0.05) is 0 Å². The highest BCUT2D eigenvalue weighted by molar-refractivity contribution is 6.03. The third-order valence-corrected chi connectivity index (χ3v) is 4.03. The highest BCUT2D eigenvalue weighted by Gasteiger charge is 2.15. The molecular weight excluding hydrogens is 372 g/mol. The van der Waals surface area contributed by atoms with Crippen LogP contribution in [-0.2, 0) is 0 Å². The van der Waals surface area contributed by atoms with E-state index < -0.39 is 0 Å². The second kappa shape index (κ2) is 8.05. The summed E-state index contributed by atoms with van der Waals surface area (Å²) in [5, 5.41) is 5.95. The number of carbonyl (C=O) groups excluding carboxylic acids is 1. The molecule has 148 valence electrons. The van der Waals surface area contributed by atoms with E-state index in [-0.39, 0.29) is 24.5 Å². The van der Waals surface area contributed by atoms with E-state index in [4.69, 9.17) is 14.2 Å². The Labute approximate surface area is 167 Å². The number of nitrogens with one attached hydrogen (secondary N) is 2. The van der Waals surface area contributed by atoms with Crippen molar-refractivity contribution in [3.05, 3.63) is 60.6 Å². The van der Waals surface area contributed by atoms with Crippen molar-refractivity contribution in [3.63, 3.8) is 0 Å². The zero-order valence-corrected chi connectivity index (χ0v) is 16.0. The van der Waals surface area contributed by atoms with Crippen LogP contribution < -0.4 is 24.8 Å². The standard InChI is InChI=1S/C21H20N4O4/c1-13(2)29-16-6-3-14(4-7-16)24-20-10-17(22-11-23-20)21(26)25-15-5-8-18-19(9-15)28-12-27-18/h3-11,13H,12H2,1-2H3,(H,25,26)(H,22,23,24). The molecule has 8 heteroatoms. The van der Waals surface area contributed by atoms with Gasteiger partial charge in [-0.15, -0.1) is 0 Å². The molecule has 0 atom stereocenters. The van der Waals surface area contributed by atoms with Gasteiger partial charge >= 0.3 is 0 Å². The first-order chi connectivity index (χ1) is 14.1. The number of carbonyl (C=O) groups is 1. The molecule has 1 aromatic heterocycles. The molecular formula is C21H20N4O4. The largest absolute Gasteiger partial charge is 0.491 e. The summed E-state index contributed by atoms with van der Waals surface area (Å²) in [7, 11) is 0. The molecule has 1 aliphatic heterocycles. The lowest BCUT2D eigenvalue weighted by Crippen LogP contribution is -2.14. The van der Waals surface area contributed by atoms with Gasteiger partial charge in [-0.2, -0.15) is 0 Å². The topological polar surface area (TPSA) is 94.6 Å². The van der Waals surface area contributed by atoms with E-state index >= 15 is 0 Å². The molecule has 4 rings (SSSR count). The lowest BCUT2D eigenvalue weighted by atomic mass is 10.2. The van der Waals surface area contributed by atoms with E-state index in [1.807, 2.05) is 38.1 Å². The lowest BCUT2D eigenvalue weighted by molar-refractivity contribution is 0.102. The van der Waals surface area contributed by atoms with Gasteiger partial charge in [-0.3, -0.25) is 4.79 Å². The number of ether oxygens (including phenoxy) is 3. The average molecular weight is 392 g/mol. The molecule has 2 N–H and O–H groups in total. The highest BCUT2D eigenvalue weighted by Crippen LogP contribution is 2.34. The Morgan fingerprint density at radius 3 is 2.55 bits per heavy atom. The summed E-state index contributed by atoms with van der Waals surface area (Å²) in [6.45, 7) is 4.13. The van der Waals surface area contributed by atoms with Gasteiger partial charge in [-0.05, 0) is 50.2 Å². The summed E-state index contributed by atoms with van der Waals surface area (Å²) in [6, 6.07) is 14.3. The number of amides is 1. The number of hydrogen-bond donors (Lipinski definition) is 2. The monoisotopic (exact) mass is 392 g/mol. The molecule has 0 spiro atoms. The van der Waals surface area contributed by atoms with E-state index in [1.165, 1.54) is 6.33 Å². The Hall–Kier alpha value is -3.81. The van der Waals surface area contributed by atoms with E-state index in [2.05, 4.69) is 20.6 Å². The number of nitrogens with zero attached hydrogens (tertiary/aromatic N) is 2. The lowest BCUT2D eigenvalue weighted by Gasteiger charge is -2.11. The van der Waals surface area contributed by atoms with Crippen LogP contribution >= 0.6 is 0 Å². The summed E-state index contributed by atoms with van der Waals surface area (Å²) in [4.78, 5) is 20.8. The van der Waals surface area contributed by atoms with Crippen molar-refractivity contribution in [1.29, 1.82) is 0 Å². The van der Waals surface area contributed by atoms with E-state index in [0.717, 1.165) is 11.4 Å². The Balaban J connectivity index is 1.43. The summed E-state index contributed by atoms with van der Waals surface area (Å²) in [6.07, 6.45) is 1.45. The van der Waals surface area contributed by atoms with Gasteiger partial charge in [-0.25, -0.2) is 9.97 Å². The predicted octanol–water partition coefficient (Wildman–Crippen LogP) is 3.99. The highest BCUT2D eigenvalue weighted by atomic mass is 16.7. The molecule has 0 radical (unpaired) electrons. The minimum atomic E-state index is -0.352. The normalized spacial score (nSPS) is 12.0. The second-order valence-electron chi connectivity index (χ2n) is 6.63. The smallest absolute Gasteiger partial charge is 0.274 e. The molecule has 2 aromatic carbocycles. The Morgan fingerprint density at radius 2 is 1.76 bits per heavy atom. The molecule has 1 amide bonds. The van der Waals surface area contributed by atoms with E-state index in [0.29, 0.717) is 23.0 Å². The predicted molar refractivity (Wildman–Crippen MR) is 108 cm³/mol. The van der Waals surface area contributed by atoms with Gasteiger partial charge in [0.25, 0.3) is 5.91 Å². The first-order valence-corrected chi connectivity index (χ1v) is 9.13. The molecule has 1 aliphatic rings. The number of benzene rings is 2. The summed E-state index contributed by atoms with van der Waals surface area (Å²) in [5.74, 6) is 2.19. The van der Waals surface area contributed by atoms with Crippen LogP contribution in [0.1, 0.15) is 24.3 Å². The molecule has 0 saturated carbocycles. The second-order valence-corrected chi connectivity index (χ2v) is 6.63. The van der Waals surface area contributed by atoms with Gasteiger partial charge in [0, 0.05) is 23.5 Å².